The number of unbranched alkanes of at least 4 members (excludes halogenated alkanes) is 1. The number of rotatable bonds is 41. The van der Waals surface area contributed by atoms with Crippen LogP contribution in [0.25, 0.3) is 0 Å². The molecule has 34 heteroatoms. The smallest absolute Gasteiger partial charge is 0.516 e. The number of amides is 5. The molecular weight excluding hydrogens is 1370 g/mol. The van der Waals surface area contributed by atoms with Crippen LogP contribution >= 0.6 is 0 Å². The molecule has 0 saturated carbocycles. The van der Waals surface area contributed by atoms with Gasteiger partial charge in [-0.3, -0.25) is 72.3 Å². The van der Waals surface area contributed by atoms with Crippen molar-refractivity contribution in [3.05, 3.63) is 65.7 Å². The van der Waals surface area contributed by atoms with Crippen LogP contribution in [0.5, 0.6) is 5.75 Å². The SMILES string of the molecule is O=CO[C@H](CCCCNC(=O)[C@H](Cc1ccccc1)NC(=O)COc1ccc(C[C@H](CC(=O)CNC(=O)CCC(C(=O)O)N2CCN(CC(=O)O)CCN(C(CCC(=O)[OH2+])C(=O)O)CCN(CC(=O)O)CC2)C(=O)O)cc1)NC(=O)N[C@@H](CCC(=O)O)C(=O)O.[Lu]. The van der Waals surface area contributed by atoms with Crippen molar-refractivity contribution in [1.82, 2.24) is 46.2 Å². The maximum atomic E-state index is 13.4. The van der Waals surface area contributed by atoms with Gasteiger partial charge in [0.25, 0.3) is 12.4 Å². The largest absolute Gasteiger partial charge is 0.565 e. The number of ether oxygens (including phenoxy) is 2. The number of carbonyl (C=O) groups is 14. The number of Topliss-reactive ketones (excluding diaryl/α,β-unsaturated/α-hetero) is 1. The van der Waals surface area contributed by atoms with Gasteiger partial charge in [0, 0.05) is 133 Å². The zero-order valence-corrected chi connectivity index (χ0v) is 51.3. The van der Waals surface area contributed by atoms with E-state index in [1.807, 2.05) is 0 Å². The first kappa shape index (κ1) is 79.0. The van der Waals surface area contributed by atoms with Crippen molar-refractivity contribution in [2.75, 3.05) is 85.1 Å². The van der Waals surface area contributed by atoms with Gasteiger partial charge in [0.05, 0.1) is 25.6 Å². The molecular formula is C57H80LuN9O24+. The monoisotopic (exact) mass is 1450 g/mol. The van der Waals surface area contributed by atoms with Crippen LogP contribution < -0.4 is 31.3 Å². The number of nitrogens with zero attached hydrogens (tertiary/aromatic N) is 4. The number of hydrogen-bond donors (Lipinski definition) is 12. The molecule has 2 unspecified atom stereocenters. The average Bonchev–Trinajstić information content (AvgIpc) is 1.81. The molecule has 1 heterocycles. The molecule has 6 atom stereocenters. The van der Waals surface area contributed by atoms with E-state index in [-0.39, 0.29) is 153 Å². The predicted octanol–water partition coefficient (Wildman–Crippen LogP) is -2.38. The van der Waals surface area contributed by atoms with Gasteiger partial charge in [-0.2, -0.15) is 0 Å². The number of urea groups is 1. The number of aliphatic carboxylic acids is 7. The second-order valence-electron chi connectivity index (χ2n) is 21.1. The summed E-state index contributed by atoms with van der Waals surface area (Å²) in [5.41, 5.74) is 1.18. The molecule has 0 aromatic heterocycles. The zero-order valence-electron chi connectivity index (χ0n) is 49.6. The van der Waals surface area contributed by atoms with Gasteiger partial charge in [0.2, 0.25) is 11.8 Å². The summed E-state index contributed by atoms with van der Waals surface area (Å²) in [4.78, 5) is 177. The molecule has 91 heavy (non-hydrogen) atoms. The molecule has 511 valence electrons. The van der Waals surface area contributed by atoms with E-state index in [2.05, 4.69) is 26.6 Å². The van der Waals surface area contributed by atoms with Crippen LogP contribution in [0.3, 0.4) is 0 Å². The van der Waals surface area contributed by atoms with E-state index in [9.17, 15) is 97.8 Å². The van der Waals surface area contributed by atoms with Crippen LogP contribution in [-0.4, -0.2) is 260 Å². The summed E-state index contributed by atoms with van der Waals surface area (Å²) in [6.45, 7) is -2.44. The second-order valence-corrected chi connectivity index (χ2v) is 21.1. The van der Waals surface area contributed by atoms with Gasteiger partial charge in [-0.25, -0.2) is 9.59 Å². The third-order valence-corrected chi connectivity index (χ3v) is 14.2. The zero-order chi connectivity index (χ0) is 66.7. The summed E-state index contributed by atoms with van der Waals surface area (Å²) in [6.07, 6.45) is -3.39. The van der Waals surface area contributed by atoms with Crippen LogP contribution in [0.2, 0.25) is 0 Å². The van der Waals surface area contributed by atoms with E-state index < -0.39 is 166 Å². The third kappa shape index (κ3) is 33.0. The summed E-state index contributed by atoms with van der Waals surface area (Å²) in [5, 5.41) is 87.3. The molecule has 1 aliphatic heterocycles. The van der Waals surface area contributed by atoms with Crippen LogP contribution in [-0.2, 0) is 79.9 Å². The molecule has 0 spiro atoms. The predicted molar refractivity (Wildman–Crippen MR) is 310 cm³/mol. The normalized spacial score (nSPS) is 15.4. The van der Waals surface area contributed by atoms with Crippen LogP contribution in [0.4, 0.5) is 4.79 Å². The van der Waals surface area contributed by atoms with Crippen LogP contribution in [0.15, 0.2) is 54.6 Å². The minimum Gasteiger partial charge on any atom is -0.565 e. The van der Waals surface area contributed by atoms with Crippen molar-refractivity contribution < 1.29 is 154 Å². The van der Waals surface area contributed by atoms with E-state index in [0.29, 0.717) is 17.5 Å². The molecule has 0 bridgehead atoms. The molecule has 14 N–H and O–H groups in total. The number of hydrogen-bond acceptors (Lipinski definition) is 20. The Hall–Kier alpha value is -8.11. The molecule has 2 aromatic carbocycles. The summed E-state index contributed by atoms with van der Waals surface area (Å²) in [7, 11) is 0. The van der Waals surface area contributed by atoms with Crippen molar-refractivity contribution in [2.45, 2.75) is 107 Å². The Labute approximate surface area is 551 Å². The van der Waals surface area contributed by atoms with Gasteiger partial charge in [-0.15, -0.1) is 0 Å². The first-order valence-electron chi connectivity index (χ1n) is 28.7. The van der Waals surface area contributed by atoms with E-state index in [1.165, 1.54) is 43.9 Å². The fraction of sp³-hybridized carbons (Fsp3) is 0.544. The second kappa shape index (κ2) is 42.8. The van der Waals surface area contributed by atoms with E-state index in [1.54, 1.807) is 30.3 Å². The topological polar surface area (TPSA) is 495 Å². The van der Waals surface area contributed by atoms with E-state index in [0.717, 1.165) is 0 Å². The maximum Gasteiger partial charge on any atom is 0.516 e. The van der Waals surface area contributed by atoms with Gasteiger partial charge < -0.3 is 76.9 Å². The molecule has 33 nitrogen and oxygen atoms in total. The molecule has 3 rings (SSSR count). The van der Waals surface area contributed by atoms with Crippen LogP contribution in [0.1, 0.15) is 75.3 Å². The summed E-state index contributed by atoms with van der Waals surface area (Å²) in [5.74, 6) is -13.9. The molecule has 0 aliphatic carbocycles. The Morgan fingerprint density at radius 2 is 1.10 bits per heavy atom. The Bertz CT molecular complexity index is 2730. The number of benzene rings is 2. The fourth-order valence-electron chi connectivity index (χ4n) is 9.54. The number of carboxylic acids is 7. The van der Waals surface area contributed by atoms with Gasteiger partial charge in [0.15, 0.2) is 18.6 Å². The maximum absolute atomic E-state index is 13.4. The first-order chi connectivity index (χ1) is 42.7. The number of ketones is 1. The minimum atomic E-state index is -1.53. The average molecular weight is 1450 g/mol. The summed E-state index contributed by atoms with van der Waals surface area (Å²) >= 11 is 0. The molecule has 1 radical (unpaired) electrons. The summed E-state index contributed by atoms with van der Waals surface area (Å²) in [6, 6.07) is 8.48. The van der Waals surface area contributed by atoms with Crippen molar-refractivity contribution in [3.8, 4) is 5.75 Å². The Morgan fingerprint density at radius 1 is 0.549 bits per heavy atom. The van der Waals surface area contributed by atoms with Crippen molar-refractivity contribution in [2.24, 2.45) is 5.92 Å². The molecule has 5 amide bonds. The Morgan fingerprint density at radius 3 is 1.59 bits per heavy atom. The molecule has 2 aromatic rings. The molecule has 1 fully saturated rings. The van der Waals surface area contributed by atoms with Gasteiger partial charge in [-0.1, -0.05) is 42.5 Å². The van der Waals surface area contributed by atoms with Gasteiger partial charge in [-0.05, 0) is 61.8 Å². The standard InChI is InChI=1S/C57H79N9O24.Lu/c67-35-90-47(62-57(88)61-41(54(82)83)13-17-48(71)72)8-4-5-19-58-52(79)42(29-36-6-2-1-3-7-36)60-46(70)34-89-40-11-9-37(10-12-40)28-38(53(80)81)30-39(68)31-59-45(69)16-14-43(55(84)85)65-24-20-63(32-50(75)76)22-26-66(44(56(86)87)15-18-49(73)74)27-23-64(21-25-65)33-51(77)78;/h1-3,6-7,9-12,35,38,41-44,47H,4-5,8,13-34H2,(H,58,79)(H,59,69)(H,60,70)(H,71,72)(H,73,74)(H,75,76)(H,77,78)(H,80,81)(H,82,83)(H,84,85)(H,86,87)(H2,61,62,88);/p+1/t38-,41+,42+,43?,44?,47-;/m1./s1. The molecule has 1 saturated heterocycles. The van der Waals surface area contributed by atoms with Crippen molar-refractivity contribution >= 4 is 83.8 Å². The van der Waals surface area contributed by atoms with Crippen molar-refractivity contribution in [3.63, 3.8) is 0 Å². The fourth-order valence-corrected chi connectivity index (χ4v) is 9.54. The summed E-state index contributed by atoms with van der Waals surface area (Å²) < 4.78 is 10.5. The number of carbonyl (C=O) groups excluding carboxylic acids is 7. The third-order valence-electron chi connectivity index (χ3n) is 14.2. The van der Waals surface area contributed by atoms with Crippen molar-refractivity contribution in [1.29, 1.82) is 0 Å². The van der Waals surface area contributed by atoms with E-state index >= 15 is 0 Å². The van der Waals surface area contributed by atoms with Gasteiger partial charge in [0.1, 0.15) is 36.3 Å². The number of carboxylic acid groups (broad SMARTS) is 7. The van der Waals surface area contributed by atoms with Crippen LogP contribution in [0, 0.1) is 42.8 Å². The minimum absolute atomic E-state index is 0. The first-order valence-corrected chi connectivity index (χ1v) is 28.7. The Kier molecular flexibility index (Phi) is 37.2. The van der Waals surface area contributed by atoms with E-state index in [4.69, 9.17) is 19.7 Å². The number of nitrogens with one attached hydrogen (secondary N) is 5. The Balaban J connectivity index is 0.0000282. The van der Waals surface area contributed by atoms with Gasteiger partial charge >= 0.3 is 53.8 Å². The molecule has 1 aliphatic rings. The quantitative estimate of drug-likeness (QED) is 0.0143.